The number of likely N-dealkylation sites (N-methyl/N-ethyl adjacent to an activating group) is 1. The van der Waals surface area contributed by atoms with Gasteiger partial charge in [0.25, 0.3) is 5.69 Å². The number of non-ortho nitro benzene ring substituents is 1. The Bertz CT molecular complexity index is 545. The van der Waals surface area contributed by atoms with Crippen LogP contribution in [0.15, 0.2) is 18.2 Å². The van der Waals surface area contributed by atoms with Crippen LogP contribution in [-0.2, 0) is 4.79 Å². The van der Waals surface area contributed by atoms with Crippen molar-refractivity contribution in [3.63, 3.8) is 0 Å². The third-order valence-corrected chi connectivity index (χ3v) is 3.79. The van der Waals surface area contributed by atoms with Crippen LogP contribution in [-0.4, -0.2) is 36.0 Å². The predicted molar refractivity (Wildman–Crippen MR) is 61.9 cm³/mol. The quantitative estimate of drug-likeness (QED) is 0.342. The Morgan fingerprint density at radius 3 is 2.94 bits per heavy atom. The van der Waals surface area contributed by atoms with Crippen LogP contribution in [0.1, 0.15) is 11.5 Å². The van der Waals surface area contributed by atoms with Gasteiger partial charge in [-0.15, -0.1) is 4.65 Å². The van der Waals surface area contributed by atoms with E-state index in [9.17, 15) is 14.9 Å². The fraction of sp³-hybridized carbons (Fsp3) is 0.417. The number of benzene rings is 1. The number of nitro benzene ring substituents is 1. The third-order valence-electron chi connectivity index (χ3n) is 3.79. The van der Waals surface area contributed by atoms with Gasteiger partial charge in [0.15, 0.2) is 5.75 Å². The summed E-state index contributed by atoms with van der Waals surface area (Å²) in [4.78, 5) is 27.3. The summed E-state index contributed by atoms with van der Waals surface area (Å²) in [5.74, 6) is 0.554. The Kier molecular flexibility index (Phi) is 2.18. The molecule has 0 aromatic heterocycles. The van der Waals surface area contributed by atoms with Crippen LogP contribution < -0.4 is 4.84 Å². The molecule has 1 saturated heterocycles. The highest BCUT2D eigenvalue weighted by Crippen LogP contribution is 2.45. The SMILES string of the molecule is C[N+]12CC(C=O)C(C1)c1cc([N+](=O)[O-])ccc1O2. The van der Waals surface area contributed by atoms with Crippen molar-refractivity contribution in [2.24, 2.45) is 5.92 Å². The Balaban J connectivity index is 2.10. The second-order valence-electron chi connectivity index (χ2n) is 5.14. The first kappa shape index (κ1) is 11.2. The van der Waals surface area contributed by atoms with Crippen LogP contribution in [0.4, 0.5) is 5.69 Å². The average Bonchev–Trinajstić information content (AvgIpc) is 2.61. The molecular formula is C12H13N2O4+. The van der Waals surface area contributed by atoms with Crippen molar-refractivity contribution in [1.29, 1.82) is 0 Å². The van der Waals surface area contributed by atoms with Gasteiger partial charge in [-0.05, 0) is 6.07 Å². The minimum absolute atomic E-state index is 0.0242. The standard InChI is InChI=1S/C12H13N2O4/c1-14-5-8(7-15)11(6-14)10-4-9(13(16)17)2-3-12(10)18-14/h2-4,7-8,11H,5-6H2,1H3/q+1. The van der Waals surface area contributed by atoms with Crippen LogP contribution in [0.2, 0.25) is 0 Å². The highest BCUT2D eigenvalue weighted by Gasteiger charge is 2.51. The number of carbonyl (C=O) groups is 1. The predicted octanol–water partition coefficient (Wildman–Crippen LogP) is 1.26. The molecule has 6 nitrogen and oxygen atoms in total. The Labute approximate surface area is 103 Å². The van der Waals surface area contributed by atoms with Crippen LogP contribution in [0, 0.1) is 16.0 Å². The summed E-state index contributed by atoms with van der Waals surface area (Å²) in [5, 5.41) is 10.8. The highest BCUT2D eigenvalue weighted by molar-refractivity contribution is 5.59. The van der Waals surface area contributed by atoms with Gasteiger partial charge in [0, 0.05) is 17.7 Å². The molecule has 1 fully saturated rings. The fourth-order valence-electron chi connectivity index (χ4n) is 3.00. The fourth-order valence-corrected chi connectivity index (χ4v) is 3.00. The van der Waals surface area contributed by atoms with E-state index in [0.29, 0.717) is 23.5 Å². The first-order chi connectivity index (χ1) is 8.52. The first-order valence-electron chi connectivity index (χ1n) is 5.80. The molecule has 3 unspecified atom stereocenters. The Morgan fingerprint density at radius 1 is 1.50 bits per heavy atom. The number of carbonyl (C=O) groups excluding carboxylic acids is 1. The summed E-state index contributed by atoms with van der Waals surface area (Å²) in [6.45, 7) is 1.31. The van der Waals surface area contributed by atoms with E-state index in [0.717, 1.165) is 11.8 Å². The smallest absolute Gasteiger partial charge is 0.269 e. The lowest BCUT2D eigenvalue weighted by Gasteiger charge is -2.31. The molecule has 0 radical (unpaired) electrons. The highest BCUT2D eigenvalue weighted by atomic mass is 16.7. The molecule has 18 heavy (non-hydrogen) atoms. The Morgan fingerprint density at radius 2 is 2.28 bits per heavy atom. The van der Waals surface area contributed by atoms with E-state index in [2.05, 4.69) is 0 Å². The molecule has 0 aliphatic carbocycles. The number of nitro groups is 1. The lowest BCUT2D eigenvalue weighted by atomic mass is 9.89. The maximum absolute atomic E-state index is 11.1. The van der Waals surface area contributed by atoms with Gasteiger partial charge in [-0.3, -0.25) is 10.1 Å². The van der Waals surface area contributed by atoms with Gasteiger partial charge in [-0.1, -0.05) is 0 Å². The maximum atomic E-state index is 11.1. The van der Waals surface area contributed by atoms with Gasteiger partial charge in [0.1, 0.15) is 26.4 Å². The summed E-state index contributed by atoms with van der Waals surface area (Å²) in [6.07, 6.45) is 0.936. The summed E-state index contributed by atoms with van der Waals surface area (Å²) in [7, 11) is 1.93. The lowest BCUT2D eigenvalue weighted by molar-refractivity contribution is -1.06. The molecule has 94 valence electrons. The zero-order valence-corrected chi connectivity index (χ0v) is 9.91. The van der Waals surface area contributed by atoms with Gasteiger partial charge in [0.2, 0.25) is 0 Å². The number of nitrogens with zero attached hydrogens (tertiary/aromatic N) is 2. The molecule has 2 heterocycles. The zero-order valence-electron chi connectivity index (χ0n) is 9.91. The molecule has 6 heteroatoms. The molecule has 2 aliphatic heterocycles. The average molecular weight is 249 g/mol. The van der Waals surface area contributed by atoms with Gasteiger partial charge >= 0.3 is 0 Å². The molecule has 0 amide bonds. The van der Waals surface area contributed by atoms with Crippen LogP contribution in [0.5, 0.6) is 5.75 Å². The van der Waals surface area contributed by atoms with E-state index in [-0.39, 0.29) is 17.5 Å². The summed E-state index contributed by atoms with van der Waals surface area (Å²) >= 11 is 0. The van der Waals surface area contributed by atoms with E-state index >= 15 is 0 Å². The molecule has 2 aliphatic rings. The van der Waals surface area contributed by atoms with Crippen LogP contribution in [0.3, 0.4) is 0 Å². The van der Waals surface area contributed by atoms with Gasteiger partial charge in [-0.2, -0.15) is 0 Å². The molecule has 3 atom stereocenters. The number of aldehydes is 1. The van der Waals surface area contributed by atoms with Crippen molar-refractivity contribution in [2.45, 2.75) is 5.92 Å². The molecule has 3 rings (SSSR count). The van der Waals surface area contributed by atoms with Crippen LogP contribution >= 0.6 is 0 Å². The van der Waals surface area contributed by atoms with Crippen molar-refractivity contribution in [3.05, 3.63) is 33.9 Å². The lowest BCUT2D eigenvalue weighted by Crippen LogP contribution is -2.46. The summed E-state index contributed by atoms with van der Waals surface area (Å²) in [5.41, 5.74) is 0.833. The van der Waals surface area contributed by atoms with Crippen molar-refractivity contribution in [2.75, 3.05) is 20.1 Å². The van der Waals surface area contributed by atoms with E-state index < -0.39 is 4.92 Å². The van der Waals surface area contributed by atoms with Gasteiger partial charge in [0.05, 0.1) is 16.8 Å². The molecule has 1 aromatic rings. The number of fused-ring (bicyclic) bond motifs is 4. The normalized spacial score (nSPS) is 32.5. The molecule has 0 saturated carbocycles. The van der Waals surface area contributed by atoms with Crippen molar-refractivity contribution in [3.8, 4) is 5.75 Å². The summed E-state index contributed by atoms with van der Waals surface area (Å²) < 4.78 is 0.374. The van der Waals surface area contributed by atoms with E-state index in [1.165, 1.54) is 12.1 Å². The Hall–Kier alpha value is -1.95. The second kappa shape index (κ2) is 3.52. The van der Waals surface area contributed by atoms with E-state index in [4.69, 9.17) is 4.84 Å². The number of quaternary nitrogens is 1. The largest absolute Gasteiger partial charge is 0.315 e. The van der Waals surface area contributed by atoms with Gasteiger partial charge < -0.3 is 9.63 Å². The molecule has 0 spiro atoms. The number of hydroxylamine groups is 3. The third kappa shape index (κ3) is 1.49. The van der Waals surface area contributed by atoms with Crippen molar-refractivity contribution < 1.29 is 19.2 Å². The van der Waals surface area contributed by atoms with Gasteiger partial charge in [-0.25, -0.2) is 0 Å². The monoisotopic (exact) mass is 249 g/mol. The molecule has 1 aromatic carbocycles. The summed E-state index contributed by atoms with van der Waals surface area (Å²) in [6, 6.07) is 4.60. The zero-order chi connectivity index (χ0) is 12.9. The van der Waals surface area contributed by atoms with E-state index in [1.54, 1.807) is 6.07 Å². The number of rotatable bonds is 2. The minimum Gasteiger partial charge on any atom is -0.315 e. The van der Waals surface area contributed by atoms with Crippen LogP contribution in [0.25, 0.3) is 0 Å². The van der Waals surface area contributed by atoms with Crippen molar-refractivity contribution in [1.82, 2.24) is 0 Å². The molecular weight excluding hydrogens is 236 g/mol. The van der Waals surface area contributed by atoms with E-state index in [1.807, 2.05) is 7.05 Å². The van der Waals surface area contributed by atoms with Crippen molar-refractivity contribution >= 4 is 12.0 Å². The second-order valence-corrected chi connectivity index (χ2v) is 5.14. The molecule has 2 bridgehead atoms. The maximum Gasteiger partial charge on any atom is 0.269 e. The first-order valence-corrected chi connectivity index (χ1v) is 5.80. The number of hydrogen-bond donors (Lipinski definition) is 0. The topological polar surface area (TPSA) is 69.4 Å². The number of hydrogen-bond acceptors (Lipinski definition) is 4. The minimum atomic E-state index is -0.423. The molecule has 0 N–H and O–H groups in total.